The van der Waals surface area contributed by atoms with Gasteiger partial charge in [-0.15, -0.1) is 0 Å². The molecule has 0 radical (unpaired) electrons. The number of rotatable bonds is 4. The first-order valence-corrected chi connectivity index (χ1v) is 19.2. The van der Waals surface area contributed by atoms with Gasteiger partial charge in [0.05, 0.1) is 24.2 Å². The lowest BCUT2D eigenvalue weighted by Crippen LogP contribution is -2.64. The first kappa shape index (κ1) is 35.2. The summed E-state index contributed by atoms with van der Waals surface area (Å²) in [6.07, 6.45) is 4.43. The summed E-state index contributed by atoms with van der Waals surface area (Å²) in [5.41, 5.74) is 2.29. The lowest BCUT2D eigenvalue weighted by molar-refractivity contribution is -0.202. The second-order valence-corrected chi connectivity index (χ2v) is 16.4. The molecule has 11 heteroatoms. The van der Waals surface area contributed by atoms with Gasteiger partial charge in [-0.1, -0.05) is 44.4 Å². The van der Waals surface area contributed by atoms with Crippen LogP contribution in [0.1, 0.15) is 86.7 Å². The van der Waals surface area contributed by atoms with Crippen LogP contribution >= 0.6 is 11.6 Å². The normalized spacial score (nSPS) is 33.2. The number of hydrogen-bond acceptors (Lipinski definition) is 7. The number of benzene rings is 2. The van der Waals surface area contributed by atoms with E-state index in [2.05, 4.69) is 28.7 Å². The molecule has 48 heavy (non-hydrogen) atoms. The van der Waals surface area contributed by atoms with Crippen molar-refractivity contribution in [1.29, 1.82) is 0 Å². The highest BCUT2D eigenvalue weighted by atomic mass is 35.5. The van der Waals surface area contributed by atoms with Crippen LogP contribution in [-0.4, -0.2) is 82.9 Å². The average molecular weight is 700 g/mol. The molecule has 0 spiro atoms. The van der Waals surface area contributed by atoms with E-state index in [1.54, 1.807) is 18.0 Å². The van der Waals surface area contributed by atoms with Crippen LogP contribution in [0.25, 0.3) is 0 Å². The van der Waals surface area contributed by atoms with Crippen molar-refractivity contribution in [3.8, 4) is 5.75 Å². The molecule has 1 aliphatic carbocycles. The molecule has 262 valence electrons. The number of anilines is 1. The Labute approximate surface area is 292 Å². The second kappa shape index (κ2) is 14.7. The van der Waals surface area contributed by atoms with Crippen LogP contribution < -0.4 is 14.4 Å². The lowest BCUT2D eigenvalue weighted by Gasteiger charge is -2.52. The van der Waals surface area contributed by atoms with Crippen LogP contribution in [0, 0.1) is 17.8 Å². The number of aliphatic hydroxyl groups is 1. The molecule has 9 nitrogen and oxygen atoms in total. The number of hydrogen-bond donors (Lipinski definition) is 2. The molecule has 2 N–H and O–H groups in total. The Morgan fingerprint density at radius 3 is 2.67 bits per heavy atom. The zero-order valence-electron chi connectivity index (χ0n) is 28.6. The number of halogens is 1. The number of ether oxygens (including phenoxy) is 2. The first-order chi connectivity index (χ1) is 23.0. The largest absolute Gasteiger partial charge is 0.491 e. The Kier molecular flexibility index (Phi) is 10.8. The quantitative estimate of drug-likeness (QED) is 0.435. The van der Waals surface area contributed by atoms with Gasteiger partial charge in [-0.2, -0.15) is 0 Å². The molecule has 2 amide bonds. The molecular weight excluding hydrogens is 650 g/mol. The van der Waals surface area contributed by atoms with Gasteiger partial charge in [0, 0.05) is 43.2 Å². The molecule has 2 bridgehead atoms. The Balaban J connectivity index is 1.40. The Morgan fingerprint density at radius 1 is 1.10 bits per heavy atom. The topological polar surface area (TPSA) is 108 Å². The minimum atomic E-state index is -1.61. The molecule has 4 aliphatic rings. The summed E-state index contributed by atoms with van der Waals surface area (Å²) < 4.78 is 28.7. The zero-order valence-corrected chi connectivity index (χ0v) is 30.2. The van der Waals surface area contributed by atoms with Gasteiger partial charge in [-0.3, -0.25) is 14.3 Å². The summed E-state index contributed by atoms with van der Waals surface area (Å²) in [5.74, 6) is 0.143. The van der Waals surface area contributed by atoms with Gasteiger partial charge in [-0.05, 0) is 98.2 Å². The van der Waals surface area contributed by atoms with Crippen molar-refractivity contribution >= 4 is 40.1 Å². The summed E-state index contributed by atoms with van der Waals surface area (Å²) in [4.78, 5) is 31.0. The molecule has 1 saturated heterocycles. The van der Waals surface area contributed by atoms with Crippen molar-refractivity contribution in [2.75, 3.05) is 44.8 Å². The standard InChI is InChI=1S/C37H50ClN3O6S/c1-5-7-25-18-29(38)11-12-30(25)28-21-41-20-27-9-13-31(27)37(44,34-36(43)40(4)16-17-46-34)15-6-8-23(2)24(3)48(45)39-35(42)26-10-14-33(47-22-28)32(41)19-26/h10-12,14,18-19,23-24,27-28,31,34,44H,5-9,13,15-17,20-22H2,1-4H3,(H,39,42). The number of fused-ring (bicyclic) bond motifs is 2. The molecule has 2 aromatic rings. The lowest BCUT2D eigenvalue weighted by atomic mass is 9.61. The van der Waals surface area contributed by atoms with E-state index in [0.717, 1.165) is 31.4 Å². The highest BCUT2D eigenvalue weighted by molar-refractivity contribution is 7.84. The maximum absolute atomic E-state index is 13.5. The summed E-state index contributed by atoms with van der Waals surface area (Å²) in [7, 11) is 0.167. The minimum absolute atomic E-state index is 0.0180. The van der Waals surface area contributed by atoms with Crippen LogP contribution in [0.2, 0.25) is 5.02 Å². The highest BCUT2D eigenvalue weighted by Crippen LogP contribution is 2.49. The summed E-state index contributed by atoms with van der Waals surface area (Å²) >= 11 is 6.44. The monoisotopic (exact) mass is 699 g/mol. The van der Waals surface area contributed by atoms with Crippen molar-refractivity contribution in [2.24, 2.45) is 17.8 Å². The highest BCUT2D eigenvalue weighted by Gasteiger charge is 2.55. The van der Waals surface area contributed by atoms with E-state index in [1.165, 1.54) is 11.1 Å². The average Bonchev–Trinajstić information content (AvgIpc) is 3.22. The molecule has 0 aromatic heterocycles. The predicted octanol–water partition coefficient (Wildman–Crippen LogP) is 5.49. The summed E-state index contributed by atoms with van der Waals surface area (Å²) in [6.45, 7) is 8.69. The van der Waals surface area contributed by atoms with Crippen LogP contribution in [0.15, 0.2) is 36.4 Å². The van der Waals surface area contributed by atoms with Gasteiger partial charge in [0.25, 0.3) is 11.8 Å². The van der Waals surface area contributed by atoms with Gasteiger partial charge in [0.1, 0.15) is 22.3 Å². The number of amides is 2. The van der Waals surface area contributed by atoms with Crippen LogP contribution in [0.5, 0.6) is 5.75 Å². The van der Waals surface area contributed by atoms with Crippen molar-refractivity contribution in [1.82, 2.24) is 9.62 Å². The van der Waals surface area contributed by atoms with Crippen molar-refractivity contribution in [3.63, 3.8) is 0 Å². The zero-order chi connectivity index (χ0) is 34.2. The van der Waals surface area contributed by atoms with Crippen molar-refractivity contribution < 1.29 is 28.4 Å². The minimum Gasteiger partial charge on any atom is -0.491 e. The fourth-order valence-electron chi connectivity index (χ4n) is 8.14. The summed E-state index contributed by atoms with van der Waals surface area (Å²) in [6, 6.07) is 11.5. The fourth-order valence-corrected chi connectivity index (χ4v) is 9.38. The smallest absolute Gasteiger partial charge is 0.263 e. The van der Waals surface area contributed by atoms with Gasteiger partial charge in [0.15, 0.2) is 6.10 Å². The van der Waals surface area contributed by atoms with E-state index in [4.69, 9.17) is 21.1 Å². The fraction of sp³-hybridized carbons (Fsp3) is 0.622. The molecule has 6 rings (SSSR count). The Morgan fingerprint density at radius 2 is 1.92 bits per heavy atom. The number of morpholine rings is 1. The number of nitrogens with one attached hydrogen (secondary N) is 1. The van der Waals surface area contributed by atoms with E-state index >= 15 is 0 Å². The number of likely N-dealkylation sites (N-methyl/N-ethyl adjacent to an activating group) is 1. The molecule has 3 heterocycles. The SMILES string of the molecule is CCCc1cc(Cl)ccc1C1COc2ccc3cc2N(C1)CC1CCC1C(O)(C1OCCN(C)C1=O)CCCC(C)C(C)S(=O)NC3=O. The van der Waals surface area contributed by atoms with E-state index in [1.807, 2.05) is 32.0 Å². The van der Waals surface area contributed by atoms with E-state index in [9.17, 15) is 18.9 Å². The molecule has 2 aromatic carbocycles. The van der Waals surface area contributed by atoms with E-state index < -0.39 is 22.7 Å². The molecule has 8 atom stereocenters. The third kappa shape index (κ3) is 7.00. The van der Waals surface area contributed by atoms with Gasteiger partial charge in [0.2, 0.25) is 0 Å². The van der Waals surface area contributed by atoms with Crippen LogP contribution in [0.4, 0.5) is 5.69 Å². The van der Waals surface area contributed by atoms with Gasteiger partial charge < -0.3 is 24.4 Å². The molecule has 3 aliphatic heterocycles. The Hall–Kier alpha value is -2.66. The molecular formula is C37H50ClN3O6S. The molecule has 2 fully saturated rings. The van der Waals surface area contributed by atoms with Crippen LogP contribution in [0.3, 0.4) is 0 Å². The van der Waals surface area contributed by atoms with Crippen LogP contribution in [-0.2, 0) is 26.9 Å². The molecule has 8 unspecified atom stereocenters. The first-order valence-electron chi connectivity index (χ1n) is 17.6. The number of nitrogens with zero attached hydrogens (tertiary/aromatic N) is 2. The third-order valence-corrected chi connectivity index (χ3v) is 13.1. The molecule has 1 saturated carbocycles. The number of carbonyl (C=O) groups is 2. The van der Waals surface area contributed by atoms with Gasteiger partial charge in [-0.25, -0.2) is 4.21 Å². The number of carbonyl (C=O) groups excluding carboxylic acids is 2. The second-order valence-electron chi connectivity index (χ2n) is 14.4. The van der Waals surface area contributed by atoms with E-state index in [-0.39, 0.29) is 40.7 Å². The predicted molar refractivity (Wildman–Crippen MR) is 189 cm³/mol. The maximum Gasteiger partial charge on any atom is 0.263 e. The van der Waals surface area contributed by atoms with E-state index in [0.29, 0.717) is 68.4 Å². The number of aryl methyl sites for hydroxylation is 1. The van der Waals surface area contributed by atoms with Crippen molar-refractivity contribution in [3.05, 3.63) is 58.1 Å². The summed E-state index contributed by atoms with van der Waals surface area (Å²) in [5, 5.41) is 13.1. The third-order valence-electron chi connectivity index (χ3n) is 11.4. The maximum atomic E-state index is 13.5. The van der Waals surface area contributed by atoms with Gasteiger partial charge >= 0.3 is 0 Å². The van der Waals surface area contributed by atoms with Crippen molar-refractivity contribution in [2.45, 2.75) is 88.6 Å². The Bertz CT molecular complexity index is 1540.